The molecular weight excluding hydrogens is 368 g/mol. The molecule has 29 heavy (non-hydrogen) atoms. The fraction of sp³-hybridized carbons (Fsp3) is 0.591. The van der Waals surface area contributed by atoms with Crippen molar-refractivity contribution >= 4 is 29.2 Å². The second-order valence-corrected chi connectivity index (χ2v) is 8.57. The molecule has 0 aromatic heterocycles. The first-order valence-corrected chi connectivity index (χ1v) is 10.7. The second-order valence-electron chi connectivity index (χ2n) is 8.57. The summed E-state index contributed by atoms with van der Waals surface area (Å²) in [6.45, 7) is 3.94. The quantitative estimate of drug-likeness (QED) is 0.791. The molecule has 4 amide bonds. The molecule has 7 heteroatoms. The summed E-state index contributed by atoms with van der Waals surface area (Å²) >= 11 is 0. The first kappa shape index (κ1) is 19.7. The van der Waals surface area contributed by atoms with Gasteiger partial charge >= 0.3 is 6.03 Å². The maximum Gasteiger partial charge on any atom is 0.327 e. The molecule has 2 aliphatic heterocycles. The third kappa shape index (κ3) is 3.47. The summed E-state index contributed by atoms with van der Waals surface area (Å²) in [6.07, 6.45) is 6.76. The molecule has 3 fully saturated rings. The lowest BCUT2D eigenvalue weighted by Gasteiger charge is -2.35. The number of anilines is 2. The lowest BCUT2D eigenvalue weighted by atomic mass is 9.81. The molecule has 2 saturated heterocycles. The van der Waals surface area contributed by atoms with Gasteiger partial charge in [-0.3, -0.25) is 14.5 Å². The molecule has 1 saturated carbocycles. The van der Waals surface area contributed by atoms with Gasteiger partial charge in [0.1, 0.15) is 12.1 Å². The van der Waals surface area contributed by atoms with Crippen LogP contribution in [-0.2, 0) is 9.59 Å². The molecule has 156 valence electrons. The van der Waals surface area contributed by atoms with Crippen molar-refractivity contribution in [3.63, 3.8) is 0 Å². The standard InChI is InChI=1S/C22H30N4O3/c1-16-14-17(8-9-18(16)25-12-6-7-13-25)23-19(27)15-26-20(28)22(24(2)21(26)29)10-4-3-5-11-22/h8-9,14H,3-7,10-13,15H2,1-2H3,(H,23,27). The zero-order chi connectivity index (χ0) is 20.6. The second kappa shape index (κ2) is 7.69. The summed E-state index contributed by atoms with van der Waals surface area (Å²) in [5.41, 5.74) is 2.25. The van der Waals surface area contributed by atoms with E-state index in [0.29, 0.717) is 18.5 Å². The Morgan fingerprint density at radius 1 is 1.07 bits per heavy atom. The van der Waals surface area contributed by atoms with E-state index in [2.05, 4.69) is 10.2 Å². The van der Waals surface area contributed by atoms with Crippen molar-refractivity contribution in [3.8, 4) is 0 Å². The summed E-state index contributed by atoms with van der Waals surface area (Å²) in [5.74, 6) is -0.568. The molecule has 0 bridgehead atoms. The van der Waals surface area contributed by atoms with E-state index in [1.165, 1.54) is 18.5 Å². The molecule has 0 unspecified atom stereocenters. The smallest absolute Gasteiger partial charge is 0.327 e. The van der Waals surface area contributed by atoms with Crippen molar-refractivity contribution in [2.24, 2.45) is 0 Å². The van der Waals surface area contributed by atoms with Crippen LogP contribution in [-0.4, -0.2) is 59.9 Å². The summed E-state index contributed by atoms with van der Waals surface area (Å²) in [6, 6.07) is 5.51. The molecule has 4 rings (SSSR count). The monoisotopic (exact) mass is 398 g/mol. The van der Waals surface area contributed by atoms with Gasteiger partial charge in [0.15, 0.2) is 0 Å². The Morgan fingerprint density at radius 2 is 1.76 bits per heavy atom. The van der Waals surface area contributed by atoms with E-state index in [0.717, 1.165) is 42.8 Å². The number of hydrogen-bond donors (Lipinski definition) is 1. The summed E-state index contributed by atoms with van der Waals surface area (Å²) < 4.78 is 0. The molecule has 1 spiro atoms. The maximum absolute atomic E-state index is 13.0. The van der Waals surface area contributed by atoms with E-state index in [1.54, 1.807) is 11.9 Å². The number of amides is 4. The lowest BCUT2D eigenvalue weighted by Crippen LogP contribution is -2.49. The number of nitrogens with one attached hydrogen (secondary N) is 1. The minimum Gasteiger partial charge on any atom is -0.371 e. The predicted octanol–water partition coefficient (Wildman–Crippen LogP) is 3.13. The Kier molecular flexibility index (Phi) is 5.23. The maximum atomic E-state index is 13.0. The minimum atomic E-state index is -0.746. The van der Waals surface area contributed by atoms with E-state index >= 15 is 0 Å². The molecule has 0 radical (unpaired) electrons. The van der Waals surface area contributed by atoms with Crippen molar-refractivity contribution in [3.05, 3.63) is 23.8 Å². The highest BCUT2D eigenvalue weighted by Crippen LogP contribution is 2.39. The Bertz CT molecular complexity index is 825. The van der Waals surface area contributed by atoms with Crippen LogP contribution in [0.25, 0.3) is 0 Å². The Morgan fingerprint density at radius 3 is 2.41 bits per heavy atom. The molecule has 1 aromatic carbocycles. The lowest BCUT2D eigenvalue weighted by molar-refractivity contribution is -0.136. The van der Waals surface area contributed by atoms with Crippen LogP contribution in [0.5, 0.6) is 0 Å². The first-order valence-electron chi connectivity index (χ1n) is 10.7. The summed E-state index contributed by atoms with van der Waals surface area (Å²) in [4.78, 5) is 43.3. The van der Waals surface area contributed by atoms with E-state index in [9.17, 15) is 14.4 Å². The highest BCUT2D eigenvalue weighted by Gasteiger charge is 2.55. The van der Waals surface area contributed by atoms with Gasteiger partial charge in [0.05, 0.1) is 0 Å². The number of carbonyl (C=O) groups excluding carboxylic acids is 3. The van der Waals surface area contributed by atoms with Crippen LogP contribution in [0, 0.1) is 6.92 Å². The van der Waals surface area contributed by atoms with Crippen LogP contribution in [0.15, 0.2) is 18.2 Å². The van der Waals surface area contributed by atoms with Crippen LogP contribution in [0.1, 0.15) is 50.5 Å². The molecule has 3 aliphatic rings. The number of aryl methyl sites for hydroxylation is 1. The van der Waals surface area contributed by atoms with Gasteiger partial charge < -0.3 is 15.1 Å². The van der Waals surface area contributed by atoms with Crippen LogP contribution >= 0.6 is 0 Å². The zero-order valence-corrected chi connectivity index (χ0v) is 17.4. The van der Waals surface area contributed by atoms with Crippen LogP contribution in [0.4, 0.5) is 16.2 Å². The van der Waals surface area contributed by atoms with Crippen molar-refractivity contribution in [2.75, 3.05) is 36.9 Å². The summed E-state index contributed by atoms with van der Waals surface area (Å²) in [7, 11) is 1.68. The number of urea groups is 1. The van der Waals surface area contributed by atoms with Crippen molar-refractivity contribution in [2.45, 2.75) is 57.4 Å². The molecular formula is C22H30N4O3. The topological polar surface area (TPSA) is 73.0 Å². The average molecular weight is 399 g/mol. The molecule has 1 aliphatic carbocycles. The number of carbonyl (C=O) groups is 3. The van der Waals surface area contributed by atoms with Crippen LogP contribution in [0.2, 0.25) is 0 Å². The number of likely N-dealkylation sites (N-methyl/N-ethyl adjacent to an activating group) is 1. The van der Waals surface area contributed by atoms with Gasteiger partial charge in [0.25, 0.3) is 5.91 Å². The zero-order valence-electron chi connectivity index (χ0n) is 17.4. The normalized spacial score (nSPS) is 21.4. The molecule has 7 nitrogen and oxygen atoms in total. The summed E-state index contributed by atoms with van der Waals surface area (Å²) in [5, 5.41) is 2.85. The number of hydrogen-bond acceptors (Lipinski definition) is 4. The van der Waals surface area contributed by atoms with E-state index in [4.69, 9.17) is 0 Å². The molecule has 1 N–H and O–H groups in total. The minimum absolute atomic E-state index is 0.222. The average Bonchev–Trinajstić information content (AvgIpc) is 3.29. The van der Waals surface area contributed by atoms with Crippen LogP contribution in [0.3, 0.4) is 0 Å². The molecule has 2 heterocycles. The first-order chi connectivity index (χ1) is 13.9. The van der Waals surface area contributed by atoms with Gasteiger partial charge in [0.2, 0.25) is 5.91 Å². The van der Waals surface area contributed by atoms with Gasteiger partial charge in [-0.25, -0.2) is 4.79 Å². The number of imide groups is 1. The van der Waals surface area contributed by atoms with Gasteiger partial charge in [-0.15, -0.1) is 0 Å². The predicted molar refractivity (Wildman–Crippen MR) is 112 cm³/mol. The van der Waals surface area contributed by atoms with E-state index < -0.39 is 5.54 Å². The Labute approximate surface area is 172 Å². The fourth-order valence-electron chi connectivity index (χ4n) is 5.06. The van der Waals surface area contributed by atoms with Gasteiger partial charge in [0, 0.05) is 31.5 Å². The van der Waals surface area contributed by atoms with Crippen molar-refractivity contribution in [1.82, 2.24) is 9.80 Å². The van der Waals surface area contributed by atoms with Crippen molar-refractivity contribution in [1.29, 1.82) is 0 Å². The highest BCUT2D eigenvalue weighted by atomic mass is 16.2. The number of rotatable bonds is 4. The fourth-order valence-corrected chi connectivity index (χ4v) is 5.06. The third-order valence-corrected chi connectivity index (χ3v) is 6.71. The number of benzene rings is 1. The largest absolute Gasteiger partial charge is 0.371 e. The van der Waals surface area contributed by atoms with Gasteiger partial charge in [-0.1, -0.05) is 19.3 Å². The third-order valence-electron chi connectivity index (χ3n) is 6.71. The van der Waals surface area contributed by atoms with E-state index in [-0.39, 0.29) is 24.4 Å². The van der Waals surface area contributed by atoms with Gasteiger partial charge in [-0.05, 0) is 56.4 Å². The van der Waals surface area contributed by atoms with E-state index in [1.807, 2.05) is 25.1 Å². The Hall–Kier alpha value is -2.57. The van der Waals surface area contributed by atoms with Crippen LogP contribution < -0.4 is 10.2 Å². The number of nitrogens with zero attached hydrogens (tertiary/aromatic N) is 3. The van der Waals surface area contributed by atoms with Gasteiger partial charge in [-0.2, -0.15) is 0 Å². The highest BCUT2D eigenvalue weighted by molar-refractivity contribution is 6.10. The SMILES string of the molecule is Cc1cc(NC(=O)CN2C(=O)N(C)C3(CCCCC3)C2=O)ccc1N1CCCC1. The Balaban J connectivity index is 1.42. The van der Waals surface area contributed by atoms with Crippen molar-refractivity contribution < 1.29 is 14.4 Å². The molecule has 1 aromatic rings. The molecule has 0 atom stereocenters.